The van der Waals surface area contributed by atoms with Crippen LogP contribution in [0.15, 0.2) is 24.3 Å². The number of carbonyl (C=O) groups is 1. The number of benzene rings is 1. The third-order valence-electron chi connectivity index (χ3n) is 4.97. The molecule has 22 heavy (non-hydrogen) atoms. The number of nitrogens with zero attached hydrogens (tertiary/aromatic N) is 1. The molecular formula is C16H19F2NO3. The zero-order valence-electron chi connectivity index (χ0n) is 12.4. The summed E-state index contributed by atoms with van der Waals surface area (Å²) in [6.45, 7) is 1.66. The fourth-order valence-corrected chi connectivity index (χ4v) is 3.77. The molecule has 6 heteroatoms. The van der Waals surface area contributed by atoms with E-state index in [4.69, 9.17) is 5.11 Å². The first-order chi connectivity index (χ1) is 10.1. The fraction of sp³-hybridized carbons (Fsp3) is 0.562. The molecule has 4 nitrogen and oxygen atoms in total. The molecule has 1 saturated heterocycles. The number of aliphatic hydroxyl groups is 1. The third-order valence-corrected chi connectivity index (χ3v) is 4.97. The highest BCUT2D eigenvalue weighted by molar-refractivity contribution is 5.66. The molecule has 1 heterocycles. The van der Waals surface area contributed by atoms with Crippen LogP contribution in [-0.2, 0) is 11.5 Å². The molecule has 1 atom stereocenters. The van der Waals surface area contributed by atoms with Gasteiger partial charge in [0, 0.05) is 31.0 Å². The van der Waals surface area contributed by atoms with Crippen molar-refractivity contribution in [1.82, 2.24) is 4.90 Å². The van der Waals surface area contributed by atoms with Gasteiger partial charge in [-0.1, -0.05) is 18.2 Å². The van der Waals surface area contributed by atoms with E-state index in [1.54, 1.807) is 6.07 Å². The summed E-state index contributed by atoms with van der Waals surface area (Å²) in [7, 11) is 0. The van der Waals surface area contributed by atoms with Crippen molar-refractivity contribution in [3.05, 3.63) is 35.4 Å². The van der Waals surface area contributed by atoms with Crippen molar-refractivity contribution >= 4 is 6.09 Å². The molecule has 2 N–H and O–H groups in total. The van der Waals surface area contributed by atoms with Gasteiger partial charge in [0.2, 0.25) is 0 Å². The van der Waals surface area contributed by atoms with Crippen LogP contribution in [0, 0.1) is 5.41 Å². The predicted molar refractivity (Wildman–Crippen MR) is 75.8 cm³/mol. The summed E-state index contributed by atoms with van der Waals surface area (Å²) in [5, 5.41) is 19.8. The van der Waals surface area contributed by atoms with Crippen molar-refractivity contribution in [2.45, 2.75) is 37.7 Å². The highest BCUT2D eigenvalue weighted by Crippen LogP contribution is 2.54. The molecule has 0 aromatic heterocycles. The highest BCUT2D eigenvalue weighted by Gasteiger charge is 2.55. The minimum atomic E-state index is -2.95. The van der Waals surface area contributed by atoms with Gasteiger partial charge < -0.3 is 15.1 Å². The van der Waals surface area contributed by atoms with E-state index in [-0.39, 0.29) is 11.0 Å². The molecule has 1 saturated carbocycles. The molecular weight excluding hydrogens is 292 g/mol. The average Bonchev–Trinajstić information content (AvgIpc) is 2.76. The predicted octanol–water partition coefficient (Wildman–Crippen LogP) is 3.15. The van der Waals surface area contributed by atoms with E-state index >= 15 is 0 Å². The topological polar surface area (TPSA) is 60.8 Å². The molecule has 3 rings (SSSR count). The lowest BCUT2D eigenvalue weighted by atomic mass is 9.76. The molecule has 2 aliphatic rings. The lowest BCUT2D eigenvalue weighted by Gasteiger charge is -2.47. The number of halogens is 2. The molecule has 1 spiro atoms. The second-order valence-electron chi connectivity index (χ2n) is 6.82. The average molecular weight is 311 g/mol. The van der Waals surface area contributed by atoms with E-state index in [0.717, 1.165) is 6.92 Å². The van der Waals surface area contributed by atoms with Crippen molar-refractivity contribution < 1.29 is 23.8 Å². The van der Waals surface area contributed by atoms with Gasteiger partial charge in [-0.05, 0) is 30.9 Å². The molecule has 120 valence electrons. The number of amides is 1. The van der Waals surface area contributed by atoms with Gasteiger partial charge in [0.1, 0.15) is 0 Å². The van der Waals surface area contributed by atoms with E-state index in [0.29, 0.717) is 37.9 Å². The molecule has 1 aromatic rings. The summed E-state index contributed by atoms with van der Waals surface area (Å²) < 4.78 is 26.9. The maximum absolute atomic E-state index is 13.5. The second-order valence-corrected chi connectivity index (χ2v) is 6.82. The molecule has 1 aliphatic heterocycles. The van der Waals surface area contributed by atoms with Gasteiger partial charge in [-0.2, -0.15) is 0 Å². The lowest BCUT2D eigenvalue weighted by Crippen LogP contribution is -2.57. The van der Waals surface area contributed by atoms with Crippen LogP contribution >= 0.6 is 0 Å². The Bertz CT molecular complexity index is 608. The smallest absolute Gasteiger partial charge is 0.407 e. The zero-order chi connectivity index (χ0) is 16.2. The van der Waals surface area contributed by atoms with Crippen molar-refractivity contribution in [1.29, 1.82) is 0 Å². The Morgan fingerprint density at radius 2 is 2.00 bits per heavy atom. The summed E-state index contributed by atoms with van der Waals surface area (Å²) in [4.78, 5) is 12.2. The number of carboxylic acid groups (broad SMARTS) is 1. The first-order valence-corrected chi connectivity index (χ1v) is 7.33. The van der Waals surface area contributed by atoms with Crippen LogP contribution in [0.1, 0.15) is 37.3 Å². The van der Waals surface area contributed by atoms with Crippen LogP contribution < -0.4 is 0 Å². The number of likely N-dealkylation sites (tertiary alicyclic amines) is 1. The van der Waals surface area contributed by atoms with Crippen LogP contribution in [0.3, 0.4) is 0 Å². The maximum atomic E-state index is 13.5. The largest absolute Gasteiger partial charge is 0.465 e. The van der Waals surface area contributed by atoms with Crippen LogP contribution in [0.25, 0.3) is 0 Å². The van der Waals surface area contributed by atoms with E-state index < -0.39 is 17.6 Å². The third kappa shape index (κ3) is 2.45. The lowest BCUT2D eigenvalue weighted by molar-refractivity contribution is -0.0227. The summed E-state index contributed by atoms with van der Waals surface area (Å²) in [5.74, 6) is -2.95. The highest BCUT2D eigenvalue weighted by atomic mass is 19.3. The SMILES string of the molecule is CC(F)(F)c1cccc(C2(O)CCC3(CN(C(=O)O)C3)C2)c1. The Balaban J connectivity index is 1.80. The summed E-state index contributed by atoms with van der Waals surface area (Å²) in [5.41, 5.74) is -0.971. The standard InChI is InChI=1S/C16H19F2NO3/c1-14(17,18)11-3-2-4-12(7-11)16(22)6-5-15(8-16)9-19(10-15)13(20)21/h2-4,7,22H,5-6,8-10H2,1H3,(H,20,21). The molecule has 1 unspecified atom stereocenters. The zero-order valence-corrected chi connectivity index (χ0v) is 12.4. The van der Waals surface area contributed by atoms with Crippen LogP contribution in [0.5, 0.6) is 0 Å². The van der Waals surface area contributed by atoms with Crippen molar-refractivity contribution in [3.63, 3.8) is 0 Å². The molecule has 0 bridgehead atoms. The fourth-order valence-electron chi connectivity index (χ4n) is 3.77. The molecule has 0 radical (unpaired) electrons. The van der Waals surface area contributed by atoms with Gasteiger partial charge in [0.15, 0.2) is 0 Å². The molecule has 2 fully saturated rings. The van der Waals surface area contributed by atoms with Crippen molar-refractivity contribution in [3.8, 4) is 0 Å². The Labute approximate surface area is 127 Å². The number of hydrogen-bond acceptors (Lipinski definition) is 2. The Morgan fingerprint density at radius 1 is 1.32 bits per heavy atom. The minimum Gasteiger partial charge on any atom is -0.465 e. The second kappa shape index (κ2) is 4.65. The van der Waals surface area contributed by atoms with Crippen molar-refractivity contribution in [2.75, 3.05) is 13.1 Å². The summed E-state index contributed by atoms with van der Waals surface area (Å²) in [6.07, 6.45) is 0.649. The van der Waals surface area contributed by atoms with Gasteiger partial charge >= 0.3 is 6.09 Å². The number of hydrogen-bond donors (Lipinski definition) is 2. The normalized spacial score (nSPS) is 27.0. The van der Waals surface area contributed by atoms with Gasteiger partial charge in [-0.3, -0.25) is 0 Å². The Morgan fingerprint density at radius 3 is 2.59 bits per heavy atom. The van der Waals surface area contributed by atoms with E-state index in [1.807, 2.05) is 0 Å². The van der Waals surface area contributed by atoms with Gasteiger partial charge in [0.25, 0.3) is 5.92 Å². The first kappa shape index (κ1) is 15.2. The van der Waals surface area contributed by atoms with Gasteiger partial charge in [-0.15, -0.1) is 0 Å². The quantitative estimate of drug-likeness (QED) is 0.882. The van der Waals surface area contributed by atoms with Gasteiger partial charge in [0.05, 0.1) is 5.60 Å². The van der Waals surface area contributed by atoms with E-state index in [9.17, 15) is 18.7 Å². The van der Waals surface area contributed by atoms with E-state index in [2.05, 4.69) is 0 Å². The van der Waals surface area contributed by atoms with Crippen LogP contribution in [0.4, 0.5) is 13.6 Å². The monoisotopic (exact) mass is 311 g/mol. The van der Waals surface area contributed by atoms with Crippen LogP contribution in [-0.4, -0.2) is 34.3 Å². The Kier molecular flexibility index (Phi) is 3.22. The number of alkyl halides is 2. The minimum absolute atomic E-state index is 0.111. The van der Waals surface area contributed by atoms with Gasteiger partial charge in [-0.25, -0.2) is 13.6 Å². The first-order valence-electron chi connectivity index (χ1n) is 7.33. The van der Waals surface area contributed by atoms with Crippen LogP contribution in [0.2, 0.25) is 0 Å². The summed E-state index contributed by atoms with van der Waals surface area (Å²) >= 11 is 0. The molecule has 1 aliphatic carbocycles. The maximum Gasteiger partial charge on any atom is 0.407 e. The molecule has 1 aromatic carbocycles. The Hall–Kier alpha value is -1.69. The number of rotatable bonds is 2. The molecule has 1 amide bonds. The van der Waals surface area contributed by atoms with E-state index in [1.165, 1.54) is 23.1 Å². The van der Waals surface area contributed by atoms with Crippen molar-refractivity contribution in [2.24, 2.45) is 5.41 Å². The summed E-state index contributed by atoms with van der Waals surface area (Å²) in [6, 6.07) is 5.93.